The molecule has 0 amide bonds. The second-order valence-electron chi connectivity index (χ2n) is 3.09. The molecule has 0 spiro atoms. The van der Waals surface area contributed by atoms with Crippen LogP contribution in [0.2, 0.25) is 0 Å². The molecule has 0 radical (unpaired) electrons. The highest BCUT2D eigenvalue weighted by Gasteiger charge is 2.07. The fraction of sp³-hybridized carbons (Fsp3) is 1.00. The van der Waals surface area contributed by atoms with Crippen LogP contribution in [0, 0.1) is 0 Å². The van der Waals surface area contributed by atoms with Gasteiger partial charge in [0.1, 0.15) is 0 Å². The summed E-state index contributed by atoms with van der Waals surface area (Å²) in [6, 6.07) is 0. The number of unbranched alkanes of at least 4 members (excludes halogenated alkanes) is 1. The minimum absolute atomic E-state index is 0. The Morgan fingerprint density at radius 1 is 1.30 bits per heavy atom. The van der Waals surface area contributed by atoms with Crippen molar-refractivity contribution in [3.8, 4) is 0 Å². The molecule has 0 saturated carbocycles. The van der Waals surface area contributed by atoms with E-state index in [0.29, 0.717) is 0 Å². The Balaban J connectivity index is -0.000000245. The van der Waals surface area contributed by atoms with E-state index in [9.17, 15) is 0 Å². The van der Waals surface area contributed by atoms with E-state index < -0.39 is 0 Å². The van der Waals surface area contributed by atoms with Gasteiger partial charge in [0, 0.05) is 5.54 Å². The summed E-state index contributed by atoms with van der Waals surface area (Å²) in [6.07, 6.45) is 3.65. The molecule has 0 rings (SSSR count). The van der Waals surface area contributed by atoms with Crippen molar-refractivity contribution in [2.75, 3.05) is 0 Å². The van der Waals surface area contributed by atoms with Gasteiger partial charge in [0.05, 0.1) is 0 Å². The van der Waals surface area contributed by atoms with E-state index in [-0.39, 0.29) is 28.0 Å². The fourth-order valence-electron chi connectivity index (χ4n) is 0.632. The highest BCUT2D eigenvalue weighted by Crippen LogP contribution is 2.07. The fourth-order valence-corrected chi connectivity index (χ4v) is 0.632. The number of hydrogen-bond donors (Lipinski definition) is 1. The molecule has 2 nitrogen and oxygen atoms in total. The molecule has 0 aromatic rings. The maximum absolute atomic E-state index is 5.72. The zero-order valence-corrected chi connectivity index (χ0v) is 8.82. The van der Waals surface area contributed by atoms with Gasteiger partial charge in [-0.15, -0.1) is 17.0 Å². The molecule has 0 aliphatic heterocycles. The lowest BCUT2D eigenvalue weighted by molar-refractivity contribution is 0.456. The van der Waals surface area contributed by atoms with Gasteiger partial charge in [-0.2, -0.15) is 0 Å². The third-order valence-corrected chi connectivity index (χ3v) is 1.17. The molecular weight excluding hydrogens is 194 g/mol. The largest absolute Gasteiger partial charge is 0.412 e. The zero-order valence-electron chi connectivity index (χ0n) is 7.11. The van der Waals surface area contributed by atoms with Gasteiger partial charge < -0.3 is 11.2 Å². The van der Waals surface area contributed by atoms with E-state index in [0.717, 1.165) is 6.42 Å². The van der Waals surface area contributed by atoms with E-state index in [2.05, 4.69) is 20.8 Å². The van der Waals surface area contributed by atoms with Crippen molar-refractivity contribution < 1.29 is 5.48 Å². The first-order chi connectivity index (χ1) is 3.56. The van der Waals surface area contributed by atoms with Gasteiger partial charge in [0.2, 0.25) is 0 Å². The topological polar surface area (TPSA) is 57.5 Å². The van der Waals surface area contributed by atoms with E-state index >= 15 is 0 Å². The van der Waals surface area contributed by atoms with Crippen LogP contribution in [0.4, 0.5) is 0 Å². The first-order valence-electron chi connectivity index (χ1n) is 3.35. The Kier molecular flexibility index (Phi) is 12.6. The van der Waals surface area contributed by atoms with Crippen molar-refractivity contribution in [2.45, 2.75) is 45.6 Å². The Morgan fingerprint density at radius 2 is 1.70 bits per heavy atom. The molecule has 0 unspecified atom stereocenters. The van der Waals surface area contributed by atoms with Crippen LogP contribution in [0.25, 0.3) is 0 Å². The molecule has 0 fully saturated rings. The lowest BCUT2D eigenvalue weighted by Crippen LogP contribution is -2.31. The van der Waals surface area contributed by atoms with Gasteiger partial charge in [0.25, 0.3) is 0 Å². The SMILES string of the molecule is Br.CCCCC(C)(C)N.O. The molecule has 0 aromatic heterocycles. The molecule has 0 aliphatic rings. The third kappa shape index (κ3) is 15.8. The highest BCUT2D eigenvalue weighted by molar-refractivity contribution is 8.93. The van der Waals surface area contributed by atoms with E-state index in [1.807, 2.05) is 0 Å². The van der Waals surface area contributed by atoms with Gasteiger partial charge in [-0.3, -0.25) is 0 Å². The van der Waals surface area contributed by atoms with Crippen LogP contribution in [-0.4, -0.2) is 11.0 Å². The van der Waals surface area contributed by atoms with Gasteiger partial charge in [-0.05, 0) is 20.3 Å². The Bertz CT molecular complexity index is 61.1. The molecule has 10 heavy (non-hydrogen) atoms. The minimum atomic E-state index is 0. The molecule has 0 atom stereocenters. The molecule has 3 heteroatoms. The van der Waals surface area contributed by atoms with Crippen molar-refractivity contribution in [2.24, 2.45) is 5.73 Å². The summed E-state index contributed by atoms with van der Waals surface area (Å²) in [5.41, 5.74) is 5.77. The van der Waals surface area contributed by atoms with E-state index in [1.165, 1.54) is 12.8 Å². The maximum Gasteiger partial charge on any atom is 0.00970 e. The molecule has 0 saturated heterocycles. The molecule has 0 aromatic carbocycles. The predicted molar refractivity (Wildman–Crippen MR) is 51.7 cm³/mol. The summed E-state index contributed by atoms with van der Waals surface area (Å²) >= 11 is 0. The van der Waals surface area contributed by atoms with Crippen molar-refractivity contribution in [1.29, 1.82) is 0 Å². The lowest BCUT2D eigenvalue weighted by Gasteiger charge is -2.16. The van der Waals surface area contributed by atoms with Crippen molar-refractivity contribution in [3.05, 3.63) is 0 Å². The highest BCUT2D eigenvalue weighted by atomic mass is 79.9. The predicted octanol–water partition coefficient (Wildman–Crippen LogP) is 1.67. The Morgan fingerprint density at radius 3 is 1.80 bits per heavy atom. The summed E-state index contributed by atoms with van der Waals surface area (Å²) in [6.45, 7) is 6.33. The van der Waals surface area contributed by atoms with Crippen LogP contribution in [0.3, 0.4) is 0 Å². The Labute approximate surface area is 74.3 Å². The van der Waals surface area contributed by atoms with Crippen molar-refractivity contribution >= 4 is 17.0 Å². The van der Waals surface area contributed by atoms with Crippen LogP contribution in [-0.2, 0) is 0 Å². The Hall–Kier alpha value is 0.400. The zero-order chi connectivity index (χ0) is 6.62. The summed E-state index contributed by atoms with van der Waals surface area (Å²) in [5.74, 6) is 0. The van der Waals surface area contributed by atoms with Gasteiger partial charge >= 0.3 is 0 Å². The summed E-state index contributed by atoms with van der Waals surface area (Å²) in [5, 5.41) is 0. The average molecular weight is 214 g/mol. The third-order valence-electron chi connectivity index (χ3n) is 1.17. The van der Waals surface area contributed by atoms with Gasteiger partial charge in [-0.25, -0.2) is 0 Å². The second kappa shape index (κ2) is 7.51. The van der Waals surface area contributed by atoms with Crippen molar-refractivity contribution in [3.63, 3.8) is 0 Å². The van der Waals surface area contributed by atoms with Gasteiger partial charge in [0.15, 0.2) is 0 Å². The standard InChI is InChI=1S/C7H17N.BrH.H2O/c1-4-5-6-7(2,3)8;;/h4-6,8H2,1-3H3;1H;1H2. The molecular formula is C7H20BrNO. The minimum Gasteiger partial charge on any atom is -0.412 e. The van der Waals surface area contributed by atoms with Crippen LogP contribution in [0.15, 0.2) is 0 Å². The van der Waals surface area contributed by atoms with Crippen LogP contribution >= 0.6 is 17.0 Å². The molecule has 0 bridgehead atoms. The molecule has 66 valence electrons. The molecule has 0 aliphatic carbocycles. The maximum atomic E-state index is 5.72. The summed E-state index contributed by atoms with van der Waals surface area (Å²) in [4.78, 5) is 0. The summed E-state index contributed by atoms with van der Waals surface area (Å²) in [7, 11) is 0. The number of hydrogen-bond acceptors (Lipinski definition) is 1. The second-order valence-corrected chi connectivity index (χ2v) is 3.09. The molecule has 0 heterocycles. The first-order valence-corrected chi connectivity index (χ1v) is 3.35. The van der Waals surface area contributed by atoms with E-state index in [1.54, 1.807) is 0 Å². The molecule has 4 N–H and O–H groups in total. The summed E-state index contributed by atoms with van der Waals surface area (Å²) < 4.78 is 0. The van der Waals surface area contributed by atoms with Crippen LogP contribution in [0.5, 0.6) is 0 Å². The van der Waals surface area contributed by atoms with Gasteiger partial charge in [-0.1, -0.05) is 19.8 Å². The lowest BCUT2D eigenvalue weighted by atomic mass is 9.99. The van der Waals surface area contributed by atoms with E-state index in [4.69, 9.17) is 5.73 Å². The quantitative estimate of drug-likeness (QED) is 0.763. The first kappa shape index (κ1) is 16.8. The number of halogens is 1. The van der Waals surface area contributed by atoms with Crippen molar-refractivity contribution in [1.82, 2.24) is 0 Å². The normalized spacial score (nSPS) is 9.60. The smallest absolute Gasteiger partial charge is 0.00970 e. The number of nitrogens with two attached hydrogens (primary N) is 1. The average Bonchev–Trinajstić information content (AvgIpc) is 1.59. The van der Waals surface area contributed by atoms with Crippen LogP contribution in [0.1, 0.15) is 40.0 Å². The monoisotopic (exact) mass is 213 g/mol. The van der Waals surface area contributed by atoms with Crippen LogP contribution < -0.4 is 5.73 Å². The number of rotatable bonds is 3.